The van der Waals surface area contributed by atoms with Crippen LogP contribution in [-0.2, 0) is 9.53 Å². The average Bonchev–Trinajstić information content (AvgIpc) is 2.22. The van der Waals surface area contributed by atoms with Crippen LogP contribution in [0.2, 0.25) is 0 Å². The van der Waals surface area contributed by atoms with E-state index in [1.165, 1.54) is 0 Å². The van der Waals surface area contributed by atoms with Crippen LogP contribution in [0.1, 0.15) is 12.8 Å². The SMILES string of the molecule is O=C1O[C@H]2C[C@]1(O)C[C@@H](O)[C@@H]2O. The summed E-state index contributed by atoms with van der Waals surface area (Å²) < 4.78 is 4.67. The molecule has 5 heteroatoms. The number of esters is 1. The van der Waals surface area contributed by atoms with Gasteiger partial charge in [-0.3, -0.25) is 0 Å². The predicted molar refractivity (Wildman–Crippen MR) is 36.1 cm³/mol. The van der Waals surface area contributed by atoms with Crippen LogP contribution < -0.4 is 0 Å². The third kappa shape index (κ3) is 0.872. The molecule has 1 aliphatic carbocycles. The van der Waals surface area contributed by atoms with E-state index < -0.39 is 29.9 Å². The second-order valence-corrected chi connectivity index (χ2v) is 3.44. The summed E-state index contributed by atoms with van der Waals surface area (Å²) >= 11 is 0. The van der Waals surface area contributed by atoms with Gasteiger partial charge in [0.25, 0.3) is 0 Å². The Bertz CT molecular complexity index is 228. The number of carbonyl (C=O) groups is 1. The third-order valence-electron chi connectivity index (χ3n) is 2.50. The zero-order valence-corrected chi connectivity index (χ0v) is 6.30. The smallest absolute Gasteiger partial charge is 0.338 e. The third-order valence-corrected chi connectivity index (χ3v) is 2.50. The van der Waals surface area contributed by atoms with Crippen LogP contribution in [-0.4, -0.2) is 45.2 Å². The number of ether oxygens (including phenoxy) is 1. The summed E-state index contributed by atoms with van der Waals surface area (Å²) in [5.41, 5.74) is -1.57. The first-order chi connectivity index (χ1) is 5.53. The van der Waals surface area contributed by atoms with Crippen molar-refractivity contribution in [1.82, 2.24) is 0 Å². The van der Waals surface area contributed by atoms with Crippen molar-refractivity contribution in [2.45, 2.75) is 36.8 Å². The van der Waals surface area contributed by atoms with Crippen LogP contribution in [0, 0.1) is 0 Å². The first-order valence-electron chi connectivity index (χ1n) is 3.82. The number of aliphatic hydroxyl groups is 3. The zero-order chi connectivity index (χ0) is 8.93. The molecule has 0 aromatic rings. The van der Waals surface area contributed by atoms with Gasteiger partial charge in [-0.2, -0.15) is 0 Å². The van der Waals surface area contributed by atoms with Gasteiger partial charge in [-0.25, -0.2) is 4.79 Å². The van der Waals surface area contributed by atoms with Gasteiger partial charge in [0, 0.05) is 12.8 Å². The highest BCUT2D eigenvalue weighted by Crippen LogP contribution is 2.37. The molecule has 1 saturated heterocycles. The van der Waals surface area contributed by atoms with E-state index in [0.29, 0.717) is 0 Å². The van der Waals surface area contributed by atoms with Gasteiger partial charge in [-0.15, -0.1) is 0 Å². The Morgan fingerprint density at radius 3 is 2.75 bits per heavy atom. The lowest BCUT2D eigenvalue weighted by Crippen LogP contribution is -2.48. The van der Waals surface area contributed by atoms with Gasteiger partial charge >= 0.3 is 5.97 Å². The maximum atomic E-state index is 11.0. The summed E-state index contributed by atoms with van der Waals surface area (Å²) in [5.74, 6) is -0.733. The average molecular weight is 174 g/mol. The number of hydrogen-bond acceptors (Lipinski definition) is 5. The zero-order valence-electron chi connectivity index (χ0n) is 6.30. The highest BCUT2D eigenvalue weighted by atomic mass is 16.6. The lowest BCUT2D eigenvalue weighted by molar-refractivity contribution is -0.154. The summed E-state index contributed by atoms with van der Waals surface area (Å²) in [7, 11) is 0. The van der Waals surface area contributed by atoms with Crippen molar-refractivity contribution in [1.29, 1.82) is 0 Å². The number of hydrogen-bond donors (Lipinski definition) is 3. The van der Waals surface area contributed by atoms with Crippen LogP contribution in [0.4, 0.5) is 0 Å². The van der Waals surface area contributed by atoms with Gasteiger partial charge in [-0.05, 0) is 0 Å². The Hall–Kier alpha value is -0.650. The number of fused-ring (bicyclic) bond motifs is 2. The Morgan fingerprint density at radius 2 is 2.08 bits per heavy atom. The van der Waals surface area contributed by atoms with Crippen LogP contribution in [0.5, 0.6) is 0 Å². The minimum absolute atomic E-state index is 0.0874. The highest BCUT2D eigenvalue weighted by Gasteiger charge is 2.56. The highest BCUT2D eigenvalue weighted by molar-refractivity contribution is 5.82. The molecule has 12 heavy (non-hydrogen) atoms. The molecule has 68 valence electrons. The molecule has 2 aliphatic rings. The van der Waals surface area contributed by atoms with E-state index >= 15 is 0 Å². The van der Waals surface area contributed by atoms with Crippen molar-refractivity contribution in [2.75, 3.05) is 0 Å². The van der Waals surface area contributed by atoms with Crippen molar-refractivity contribution in [3.05, 3.63) is 0 Å². The lowest BCUT2D eigenvalue weighted by Gasteiger charge is -2.30. The first kappa shape index (κ1) is 7.97. The van der Waals surface area contributed by atoms with Gasteiger partial charge in [0.05, 0.1) is 6.10 Å². The van der Waals surface area contributed by atoms with Crippen molar-refractivity contribution < 1.29 is 24.9 Å². The number of rotatable bonds is 0. The maximum Gasteiger partial charge on any atom is 0.338 e. The Balaban J connectivity index is 2.28. The van der Waals surface area contributed by atoms with Crippen molar-refractivity contribution in [3.63, 3.8) is 0 Å². The van der Waals surface area contributed by atoms with Crippen LogP contribution >= 0.6 is 0 Å². The summed E-state index contributed by atoms with van der Waals surface area (Å²) in [6.45, 7) is 0. The lowest BCUT2D eigenvalue weighted by atomic mass is 9.82. The van der Waals surface area contributed by atoms with E-state index in [4.69, 9.17) is 0 Å². The standard InChI is InChI=1S/C7H10O5/c8-3-1-7(11)2-4(5(3)9)12-6(7)10/h3-5,8-9,11H,1-2H2/t3-,4+,5+,7-/m1/s1. The molecule has 2 rings (SSSR count). The minimum atomic E-state index is -1.57. The second-order valence-electron chi connectivity index (χ2n) is 3.44. The Kier molecular flexibility index (Phi) is 1.45. The molecule has 0 aromatic heterocycles. The molecule has 0 spiro atoms. The van der Waals surface area contributed by atoms with Crippen molar-refractivity contribution >= 4 is 5.97 Å². The largest absolute Gasteiger partial charge is 0.457 e. The fourth-order valence-corrected chi connectivity index (χ4v) is 1.78. The van der Waals surface area contributed by atoms with Gasteiger partial charge in [0.1, 0.15) is 12.2 Å². The van der Waals surface area contributed by atoms with E-state index in [1.54, 1.807) is 0 Å². The van der Waals surface area contributed by atoms with Crippen LogP contribution in [0.3, 0.4) is 0 Å². The molecule has 0 amide bonds. The molecule has 0 radical (unpaired) electrons. The topological polar surface area (TPSA) is 87.0 Å². The fraction of sp³-hybridized carbons (Fsp3) is 0.857. The molecule has 1 heterocycles. The van der Waals surface area contributed by atoms with Gasteiger partial charge < -0.3 is 20.1 Å². The summed E-state index contributed by atoms with van der Waals surface area (Å²) in [6, 6.07) is 0. The predicted octanol–water partition coefficient (Wildman–Crippen LogP) is -1.84. The summed E-state index contributed by atoms with van der Waals surface area (Å²) in [4.78, 5) is 11.0. The normalized spacial score (nSPS) is 52.2. The molecule has 2 fully saturated rings. The molecule has 0 unspecified atom stereocenters. The molecule has 5 nitrogen and oxygen atoms in total. The molecule has 0 aromatic carbocycles. The first-order valence-corrected chi connectivity index (χ1v) is 3.82. The molecule has 1 saturated carbocycles. The quantitative estimate of drug-likeness (QED) is 0.375. The number of carbonyl (C=O) groups excluding carboxylic acids is 1. The Morgan fingerprint density at radius 1 is 1.42 bits per heavy atom. The molecular formula is C7H10O5. The molecule has 1 aliphatic heterocycles. The molecular weight excluding hydrogens is 164 g/mol. The Labute approximate surface area is 68.6 Å². The van der Waals surface area contributed by atoms with E-state index in [0.717, 1.165) is 0 Å². The number of aliphatic hydroxyl groups excluding tert-OH is 2. The molecule has 4 atom stereocenters. The summed E-state index contributed by atoms with van der Waals surface area (Å²) in [6.07, 6.45) is -2.92. The molecule has 2 bridgehead atoms. The van der Waals surface area contributed by atoms with Crippen LogP contribution in [0.25, 0.3) is 0 Å². The van der Waals surface area contributed by atoms with Crippen LogP contribution in [0.15, 0.2) is 0 Å². The molecule has 3 N–H and O–H groups in total. The monoisotopic (exact) mass is 174 g/mol. The van der Waals surface area contributed by atoms with Crippen molar-refractivity contribution in [2.24, 2.45) is 0 Å². The fourth-order valence-electron chi connectivity index (χ4n) is 1.78. The van der Waals surface area contributed by atoms with Gasteiger partial charge in [-0.1, -0.05) is 0 Å². The van der Waals surface area contributed by atoms with E-state index in [-0.39, 0.29) is 12.8 Å². The second kappa shape index (κ2) is 2.18. The minimum Gasteiger partial charge on any atom is -0.457 e. The van der Waals surface area contributed by atoms with Gasteiger partial charge in [0.15, 0.2) is 5.60 Å². The van der Waals surface area contributed by atoms with E-state index in [2.05, 4.69) is 4.74 Å². The van der Waals surface area contributed by atoms with E-state index in [1.807, 2.05) is 0 Å². The summed E-state index contributed by atoms with van der Waals surface area (Å²) in [5, 5.41) is 28.0. The van der Waals surface area contributed by atoms with Gasteiger partial charge in [0.2, 0.25) is 0 Å². The maximum absolute atomic E-state index is 11.0. The van der Waals surface area contributed by atoms with Crippen molar-refractivity contribution in [3.8, 4) is 0 Å². The van der Waals surface area contributed by atoms with E-state index in [9.17, 15) is 20.1 Å².